The fourth-order valence-electron chi connectivity index (χ4n) is 2.94. The molecule has 2 aromatic carbocycles. The molecular weight excluding hydrogens is 367 g/mol. The maximum atomic E-state index is 14.0. The van der Waals surface area contributed by atoms with Gasteiger partial charge in [-0.25, -0.2) is 8.78 Å². The lowest BCUT2D eigenvalue weighted by atomic mass is 10.1. The molecule has 0 unspecified atom stereocenters. The maximum absolute atomic E-state index is 14.0. The standard InChI is InChI=1S/C19H17F5N2O/c20-14-6-4-12(16(21)10-14)11-26-18-9-13(19(22,23)24)5-7-15(18)17(25-26)3-1-2-8-27/h4-7,9-10,27H,1-3,8,11H2. The number of aliphatic hydroxyl groups excluding tert-OH is 1. The molecule has 0 atom stereocenters. The van der Waals surface area contributed by atoms with Gasteiger partial charge in [0.1, 0.15) is 11.6 Å². The van der Waals surface area contributed by atoms with Crippen molar-refractivity contribution in [2.24, 2.45) is 0 Å². The van der Waals surface area contributed by atoms with Gasteiger partial charge in [-0.2, -0.15) is 18.3 Å². The van der Waals surface area contributed by atoms with Gasteiger partial charge in [-0.3, -0.25) is 4.68 Å². The molecule has 0 amide bonds. The number of nitrogens with zero attached hydrogens (tertiary/aromatic N) is 2. The van der Waals surface area contributed by atoms with Gasteiger partial charge < -0.3 is 5.11 Å². The van der Waals surface area contributed by atoms with Crippen LogP contribution >= 0.6 is 0 Å². The first kappa shape index (κ1) is 19.3. The highest BCUT2D eigenvalue weighted by Crippen LogP contribution is 2.33. The molecule has 0 saturated heterocycles. The molecule has 27 heavy (non-hydrogen) atoms. The summed E-state index contributed by atoms with van der Waals surface area (Å²) in [4.78, 5) is 0. The second-order valence-electron chi connectivity index (χ2n) is 6.25. The molecule has 1 heterocycles. The normalized spacial score (nSPS) is 12.1. The number of halogens is 5. The number of benzene rings is 2. The molecule has 0 bridgehead atoms. The topological polar surface area (TPSA) is 38.1 Å². The third-order valence-electron chi connectivity index (χ3n) is 4.31. The van der Waals surface area contributed by atoms with Gasteiger partial charge in [-0.1, -0.05) is 12.1 Å². The molecule has 0 aliphatic carbocycles. The van der Waals surface area contributed by atoms with Gasteiger partial charge in [0.15, 0.2) is 0 Å². The molecule has 0 saturated carbocycles. The summed E-state index contributed by atoms with van der Waals surface area (Å²) in [5, 5.41) is 13.8. The molecular formula is C19H17F5N2O. The minimum absolute atomic E-state index is 0.0116. The predicted molar refractivity (Wildman–Crippen MR) is 90.2 cm³/mol. The van der Waals surface area contributed by atoms with Gasteiger partial charge in [0, 0.05) is 23.6 Å². The third-order valence-corrected chi connectivity index (χ3v) is 4.31. The van der Waals surface area contributed by atoms with Gasteiger partial charge in [-0.15, -0.1) is 0 Å². The van der Waals surface area contributed by atoms with Crippen LogP contribution in [0.4, 0.5) is 22.0 Å². The van der Waals surface area contributed by atoms with E-state index in [2.05, 4.69) is 5.10 Å². The average molecular weight is 384 g/mol. The van der Waals surface area contributed by atoms with Crippen LogP contribution in [0.5, 0.6) is 0 Å². The lowest BCUT2D eigenvalue weighted by molar-refractivity contribution is -0.137. The Morgan fingerprint density at radius 1 is 1.00 bits per heavy atom. The van der Waals surface area contributed by atoms with Gasteiger partial charge in [-0.05, 0) is 37.5 Å². The lowest BCUT2D eigenvalue weighted by Gasteiger charge is -2.09. The zero-order valence-corrected chi connectivity index (χ0v) is 14.2. The lowest BCUT2D eigenvalue weighted by Crippen LogP contribution is -2.07. The van der Waals surface area contributed by atoms with Gasteiger partial charge in [0.25, 0.3) is 0 Å². The summed E-state index contributed by atoms with van der Waals surface area (Å²) >= 11 is 0. The molecule has 1 N–H and O–H groups in total. The quantitative estimate of drug-likeness (QED) is 0.494. The molecule has 0 spiro atoms. The molecule has 0 aliphatic heterocycles. The number of aliphatic hydroxyl groups is 1. The highest BCUT2D eigenvalue weighted by Gasteiger charge is 2.31. The fraction of sp³-hybridized carbons (Fsp3) is 0.316. The van der Waals surface area contributed by atoms with Crippen LogP contribution in [-0.2, 0) is 19.1 Å². The number of unbranched alkanes of at least 4 members (excludes halogenated alkanes) is 1. The van der Waals surface area contributed by atoms with Crippen LogP contribution in [0.1, 0.15) is 29.7 Å². The largest absolute Gasteiger partial charge is 0.416 e. The monoisotopic (exact) mass is 384 g/mol. The Hall–Kier alpha value is -2.48. The van der Waals surface area contributed by atoms with E-state index in [0.717, 1.165) is 24.3 Å². The van der Waals surface area contributed by atoms with E-state index in [0.29, 0.717) is 30.3 Å². The van der Waals surface area contributed by atoms with Gasteiger partial charge in [0.05, 0.1) is 23.3 Å². The van der Waals surface area contributed by atoms with Crippen LogP contribution in [0.15, 0.2) is 36.4 Å². The van der Waals surface area contributed by atoms with Crippen LogP contribution in [0.3, 0.4) is 0 Å². The second kappa shape index (κ2) is 7.64. The van der Waals surface area contributed by atoms with Crippen LogP contribution < -0.4 is 0 Å². The molecule has 8 heteroatoms. The molecule has 144 valence electrons. The first-order chi connectivity index (χ1) is 12.8. The summed E-state index contributed by atoms with van der Waals surface area (Å²) in [5.74, 6) is -1.52. The summed E-state index contributed by atoms with van der Waals surface area (Å²) in [5.41, 5.74) is 0.111. The average Bonchev–Trinajstić information content (AvgIpc) is 2.94. The summed E-state index contributed by atoms with van der Waals surface area (Å²) in [7, 11) is 0. The Morgan fingerprint density at radius 3 is 2.44 bits per heavy atom. The molecule has 0 fully saturated rings. The zero-order valence-electron chi connectivity index (χ0n) is 14.2. The van der Waals surface area contributed by atoms with Crippen LogP contribution in [0.25, 0.3) is 10.9 Å². The Morgan fingerprint density at radius 2 is 1.78 bits per heavy atom. The minimum Gasteiger partial charge on any atom is -0.396 e. The first-order valence-corrected chi connectivity index (χ1v) is 8.41. The number of alkyl halides is 3. The van der Waals surface area contributed by atoms with E-state index in [4.69, 9.17) is 5.11 Å². The Labute approximate surface area is 152 Å². The van der Waals surface area contributed by atoms with Crippen LogP contribution in [-0.4, -0.2) is 21.5 Å². The van der Waals surface area contributed by atoms with Crippen molar-refractivity contribution in [2.45, 2.75) is 32.0 Å². The number of hydrogen-bond donors (Lipinski definition) is 1. The molecule has 3 nitrogen and oxygen atoms in total. The minimum atomic E-state index is -4.51. The Balaban J connectivity index is 2.05. The van der Waals surface area contributed by atoms with Crippen LogP contribution in [0, 0.1) is 11.6 Å². The van der Waals surface area contributed by atoms with E-state index in [9.17, 15) is 22.0 Å². The zero-order chi connectivity index (χ0) is 19.6. The molecule has 3 aromatic rings. The van der Waals surface area contributed by atoms with Crippen LogP contribution in [0.2, 0.25) is 0 Å². The molecule has 3 rings (SSSR count). The van der Waals surface area contributed by atoms with E-state index in [1.807, 2.05) is 0 Å². The van der Waals surface area contributed by atoms with Crippen molar-refractivity contribution in [2.75, 3.05) is 6.61 Å². The maximum Gasteiger partial charge on any atom is 0.416 e. The summed E-state index contributed by atoms with van der Waals surface area (Å²) in [6.07, 6.45) is -2.88. The van der Waals surface area contributed by atoms with E-state index < -0.39 is 23.4 Å². The fourth-order valence-corrected chi connectivity index (χ4v) is 2.94. The van der Waals surface area contributed by atoms with Crippen molar-refractivity contribution >= 4 is 10.9 Å². The SMILES string of the molecule is OCCCCc1nn(Cc2ccc(F)cc2F)c2cc(C(F)(F)F)ccc12. The van der Waals surface area contributed by atoms with E-state index >= 15 is 0 Å². The van der Waals surface area contributed by atoms with E-state index in [1.54, 1.807) is 0 Å². The number of aryl methyl sites for hydroxylation is 1. The molecule has 1 aromatic heterocycles. The first-order valence-electron chi connectivity index (χ1n) is 8.41. The Bertz CT molecular complexity index is 949. The highest BCUT2D eigenvalue weighted by molar-refractivity contribution is 5.83. The number of aromatic nitrogens is 2. The molecule has 0 aliphatic rings. The summed E-state index contributed by atoms with van der Waals surface area (Å²) in [6, 6.07) is 6.40. The number of fused-ring (bicyclic) bond motifs is 1. The highest BCUT2D eigenvalue weighted by atomic mass is 19.4. The summed E-state index contributed by atoms with van der Waals surface area (Å²) in [6.45, 7) is -0.110. The van der Waals surface area contributed by atoms with Crippen molar-refractivity contribution in [3.8, 4) is 0 Å². The predicted octanol–water partition coefficient (Wildman–Crippen LogP) is 4.70. The van der Waals surface area contributed by atoms with Gasteiger partial charge in [0.2, 0.25) is 0 Å². The van der Waals surface area contributed by atoms with Crippen molar-refractivity contribution in [1.82, 2.24) is 9.78 Å². The van der Waals surface area contributed by atoms with E-state index in [-0.39, 0.29) is 24.2 Å². The van der Waals surface area contributed by atoms with Crippen molar-refractivity contribution in [3.05, 3.63) is 64.9 Å². The summed E-state index contributed by atoms with van der Waals surface area (Å²) < 4.78 is 67.6. The van der Waals surface area contributed by atoms with Crippen molar-refractivity contribution in [3.63, 3.8) is 0 Å². The van der Waals surface area contributed by atoms with Gasteiger partial charge >= 0.3 is 6.18 Å². The van der Waals surface area contributed by atoms with Crippen molar-refractivity contribution < 1.29 is 27.1 Å². The third kappa shape index (κ3) is 4.27. The smallest absolute Gasteiger partial charge is 0.396 e. The Kier molecular flexibility index (Phi) is 5.46. The number of rotatable bonds is 6. The molecule has 0 radical (unpaired) electrons. The number of hydrogen-bond acceptors (Lipinski definition) is 2. The van der Waals surface area contributed by atoms with E-state index in [1.165, 1.54) is 16.8 Å². The van der Waals surface area contributed by atoms with Crippen molar-refractivity contribution in [1.29, 1.82) is 0 Å². The second-order valence-corrected chi connectivity index (χ2v) is 6.25.